The lowest BCUT2D eigenvalue weighted by Crippen LogP contribution is -2.19. The molecule has 0 unspecified atom stereocenters. The molecule has 4 heteroatoms. The third kappa shape index (κ3) is 1.98. The molecule has 0 aliphatic carbocycles. The predicted octanol–water partition coefficient (Wildman–Crippen LogP) is 0.817. The number of fused-ring (bicyclic) bond motifs is 1. The molecule has 0 saturated heterocycles. The highest BCUT2D eigenvalue weighted by Crippen LogP contribution is 2.25. The van der Waals surface area contributed by atoms with E-state index in [0.29, 0.717) is 13.0 Å². The Morgan fingerprint density at radius 3 is 3.07 bits per heavy atom. The van der Waals surface area contributed by atoms with Crippen molar-refractivity contribution in [1.82, 2.24) is 5.32 Å². The summed E-state index contributed by atoms with van der Waals surface area (Å²) in [6, 6.07) is 5.67. The van der Waals surface area contributed by atoms with Gasteiger partial charge in [-0.15, -0.1) is 0 Å². The molecule has 1 heterocycles. The van der Waals surface area contributed by atoms with Crippen LogP contribution < -0.4 is 10.6 Å². The first kappa shape index (κ1) is 9.71. The largest absolute Gasteiger partial charge is 0.352 e. The molecule has 78 valence electrons. The Balaban J connectivity index is 2.22. The Morgan fingerprint density at radius 2 is 2.33 bits per heavy atom. The minimum Gasteiger partial charge on any atom is -0.352 e. The van der Waals surface area contributed by atoms with E-state index in [4.69, 9.17) is 0 Å². The van der Waals surface area contributed by atoms with E-state index in [-0.39, 0.29) is 11.8 Å². The van der Waals surface area contributed by atoms with Crippen molar-refractivity contribution in [2.24, 2.45) is 0 Å². The molecule has 1 aromatic rings. The van der Waals surface area contributed by atoms with Crippen LogP contribution in [0.4, 0.5) is 5.69 Å². The summed E-state index contributed by atoms with van der Waals surface area (Å²) in [7, 11) is 0. The van der Waals surface area contributed by atoms with Crippen molar-refractivity contribution in [2.45, 2.75) is 19.9 Å². The minimum atomic E-state index is -0.0649. The lowest BCUT2D eigenvalue weighted by molar-refractivity contribution is -0.119. The number of amides is 2. The van der Waals surface area contributed by atoms with E-state index in [1.807, 2.05) is 18.2 Å². The second-order valence-electron chi connectivity index (χ2n) is 3.58. The van der Waals surface area contributed by atoms with Gasteiger partial charge in [0.1, 0.15) is 0 Å². The van der Waals surface area contributed by atoms with Gasteiger partial charge >= 0.3 is 0 Å². The van der Waals surface area contributed by atoms with E-state index >= 15 is 0 Å². The summed E-state index contributed by atoms with van der Waals surface area (Å²) in [5.74, 6) is -0.0508. The number of carbonyl (C=O) groups is 2. The standard InChI is InChI=1S/C11H12N2O2/c1-7(14)12-6-8-3-2-4-10-9(8)5-11(15)13-10/h2-4H,5-6H2,1H3,(H,12,14)(H,13,15). The normalized spacial score (nSPS) is 13.3. The molecule has 15 heavy (non-hydrogen) atoms. The zero-order chi connectivity index (χ0) is 10.8. The van der Waals surface area contributed by atoms with Gasteiger partial charge in [-0.25, -0.2) is 0 Å². The van der Waals surface area contributed by atoms with Gasteiger partial charge in [0.05, 0.1) is 6.42 Å². The van der Waals surface area contributed by atoms with E-state index in [2.05, 4.69) is 10.6 Å². The third-order valence-electron chi connectivity index (χ3n) is 2.41. The molecule has 1 aliphatic heterocycles. The number of hydrogen-bond acceptors (Lipinski definition) is 2. The molecule has 0 saturated carbocycles. The maximum absolute atomic E-state index is 11.2. The molecule has 4 nitrogen and oxygen atoms in total. The Kier molecular flexibility index (Phi) is 2.41. The van der Waals surface area contributed by atoms with Crippen LogP contribution in [0, 0.1) is 0 Å². The summed E-state index contributed by atoms with van der Waals surface area (Å²) >= 11 is 0. The maximum atomic E-state index is 11.2. The average molecular weight is 204 g/mol. The number of hydrogen-bond donors (Lipinski definition) is 2. The first-order chi connectivity index (χ1) is 7.16. The SMILES string of the molecule is CC(=O)NCc1cccc2c1CC(=O)N2. The van der Waals surface area contributed by atoms with E-state index < -0.39 is 0 Å². The van der Waals surface area contributed by atoms with Crippen LogP contribution in [0.15, 0.2) is 18.2 Å². The maximum Gasteiger partial charge on any atom is 0.228 e. The number of nitrogens with one attached hydrogen (secondary N) is 2. The van der Waals surface area contributed by atoms with Gasteiger partial charge in [0.25, 0.3) is 0 Å². The van der Waals surface area contributed by atoms with Gasteiger partial charge in [-0.3, -0.25) is 9.59 Å². The van der Waals surface area contributed by atoms with Crippen LogP contribution in [0.1, 0.15) is 18.1 Å². The second-order valence-corrected chi connectivity index (χ2v) is 3.58. The predicted molar refractivity (Wildman–Crippen MR) is 56.3 cm³/mol. The molecule has 1 aromatic carbocycles. The highest BCUT2D eigenvalue weighted by atomic mass is 16.2. The second kappa shape index (κ2) is 3.73. The monoisotopic (exact) mass is 204 g/mol. The fourth-order valence-electron chi connectivity index (χ4n) is 1.70. The molecule has 0 fully saturated rings. The lowest BCUT2D eigenvalue weighted by Gasteiger charge is -2.07. The first-order valence-electron chi connectivity index (χ1n) is 4.82. The quantitative estimate of drug-likeness (QED) is 0.749. The molecular formula is C11H12N2O2. The molecular weight excluding hydrogens is 192 g/mol. The highest BCUT2D eigenvalue weighted by Gasteiger charge is 2.19. The summed E-state index contributed by atoms with van der Waals surface area (Å²) < 4.78 is 0. The summed E-state index contributed by atoms with van der Waals surface area (Å²) in [6.07, 6.45) is 0.408. The first-order valence-corrected chi connectivity index (χ1v) is 4.82. The van der Waals surface area contributed by atoms with E-state index in [1.165, 1.54) is 6.92 Å². The molecule has 2 N–H and O–H groups in total. The summed E-state index contributed by atoms with van der Waals surface area (Å²) in [4.78, 5) is 22.0. The Hall–Kier alpha value is -1.84. The van der Waals surface area contributed by atoms with Crippen LogP contribution >= 0.6 is 0 Å². The van der Waals surface area contributed by atoms with Crippen molar-refractivity contribution in [3.05, 3.63) is 29.3 Å². The van der Waals surface area contributed by atoms with Crippen LogP contribution in [0.5, 0.6) is 0 Å². The zero-order valence-corrected chi connectivity index (χ0v) is 8.46. The third-order valence-corrected chi connectivity index (χ3v) is 2.41. The van der Waals surface area contributed by atoms with E-state index in [1.54, 1.807) is 0 Å². The van der Waals surface area contributed by atoms with Crippen molar-refractivity contribution in [2.75, 3.05) is 5.32 Å². The highest BCUT2D eigenvalue weighted by molar-refractivity contribution is 5.99. The molecule has 2 rings (SSSR count). The van der Waals surface area contributed by atoms with E-state index in [9.17, 15) is 9.59 Å². The molecule has 1 aliphatic rings. The van der Waals surface area contributed by atoms with Crippen LogP contribution in [0.2, 0.25) is 0 Å². The van der Waals surface area contributed by atoms with Crippen molar-refractivity contribution in [1.29, 1.82) is 0 Å². The summed E-state index contributed by atoms with van der Waals surface area (Å²) in [5.41, 5.74) is 2.86. The molecule has 0 atom stereocenters. The van der Waals surface area contributed by atoms with Crippen molar-refractivity contribution < 1.29 is 9.59 Å². The average Bonchev–Trinajstić information content (AvgIpc) is 2.55. The Labute approximate surface area is 87.7 Å². The Morgan fingerprint density at radius 1 is 1.53 bits per heavy atom. The van der Waals surface area contributed by atoms with Gasteiger partial charge in [0, 0.05) is 19.2 Å². The van der Waals surface area contributed by atoms with Crippen LogP contribution in [-0.4, -0.2) is 11.8 Å². The van der Waals surface area contributed by atoms with Gasteiger partial charge in [-0.05, 0) is 17.2 Å². The Bertz CT molecular complexity index is 427. The number of carbonyl (C=O) groups excluding carboxylic acids is 2. The summed E-state index contributed by atoms with van der Waals surface area (Å²) in [6.45, 7) is 1.96. The van der Waals surface area contributed by atoms with Crippen molar-refractivity contribution in [3.63, 3.8) is 0 Å². The minimum absolute atomic E-state index is 0.0141. The van der Waals surface area contributed by atoms with Crippen LogP contribution in [-0.2, 0) is 22.6 Å². The van der Waals surface area contributed by atoms with Gasteiger partial charge in [-0.2, -0.15) is 0 Å². The van der Waals surface area contributed by atoms with Gasteiger partial charge in [0.2, 0.25) is 11.8 Å². The number of benzene rings is 1. The van der Waals surface area contributed by atoms with Crippen LogP contribution in [0.3, 0.4) is 0 Å². The van der Waals surface area contributed by atoms with Gasteiger partial charge in [0.15, 0.2) is 0 Å². The fraction of sp³-hybridized carbons (Fsp3) is 0.273. The van der Waals surface area contributed by atoms with E-state index in [0.717, 1.165) is 16.8 Å². The molecule has 2 amide bonds. The molecule has 0 spiro atoms. The lowest BCUT2D eigenvalue weighted by atomic mass is 10.0. The van der Waals surface area contributed by atoms with Crippen LogP contribution in [0.25, 0.3) is 0 Å². The molecule has 0 aromatic heterocycles. The van der Waals surface area contributed by atoms with Crippen molar-refractivity contribution in [3.8, 4) is 0 Å². The van der Waals surface area contributed by atoms with Crippen molar-refractivity contribution >= 4 is 17.5 Å². The zero-order valence-electron chi connectivity index (χ0n) is 8.46. The molecule has 0 radical (unpaired) electrons. The van der Waals surface area contributed by atoms with Gasteiger partial charge < -0.3 is 10.6 Å². The molecule has 0 bridgehead atoms. The topological polar surface area (TPSA) is 58.2 Å². The fourth-order valence-corrected chi connectivity index (χ4v) is 1.70. The number of anilines is 1. The smallest absolute Gasteiger partial charge is 0.228 e. The van der Waals surface area contributed by atoms with Gasteiger partial charge in [-0.1, -0.05) is 12.1 Å². The number of rotatable bonds is 2. The summed E-state index contributed by atoms with van der Waals surface area (Å²) in [5, 5.41) is 5.50.